The van der Waals surface area contributed by atoms with Crippen molar-refractivity contribution in [1.82, 2.24) is 5.32 Å². The van der Waals surface area contributed by atoms with Gasteiger partial charge >= 0.3 is 0 Å². The fourth-order valence-electron chi connectivity index (χ4n) is 3.03. The molecular formula is C21H23N3OS. The zero-order valence-electron chi connectivity index (χ0n) is 14.7. The van der Waals surface area contributed by atoms with Gasteiger partial charge in [0, 0.05) is 19.2 Å². The first kappa shape index (κ1) is 18.1. The molecule has 0 spiro atoms. The Hall–Kier alpha value is -2.66. The molecule has 0 atom stereocenters. The van der Waals surface area contributed by atoms with E-state index in [1.165, 1.54) is 25.3 Å². The Balaban J connectivity index is 1.59. The van der Waals surface area contributed by atoms with Crippen LogP contribution in [0.3, 0.4) is 0 Å². The summed E-state index contributed by atoms with van der Waals surface area (Å²) >= 11 is 5.31. The number of nitrogens with zero attached hydrogens (tertiary/aromatic N) is 1. The summed E-state index contributed by atoms with van der Waals surface area (Å²) in [7, 11) is 0. The first-order valence-electron chi connectivity index (χ1n) is 8.91. The van der Waals surface area contributed by atoms with E-state index in [9.17, 15) is 4.79 Å². The molecule has 3 rings (SSSR count). The summed E-state index contributed by atoms with van der Waals surface area (Å²) in [4.78, 5) is 14.4. The van der Waals surface area contributed by atoms with Gasteiger partial charge in [0.1, 0.15) is 0 Å². The van der Waals surface area contributed by atoms with E-state index in [4.69, 9.17) is 12.2 Å². The molecule has 0 aliphatic carbocycles. The van der Waals surface area contributed by atoms with Crippen LogP contribution in [0.25, 0.3) is 6.08 Å². The molecule has 2 aromatic rings. The molecule has 0 unspecified atom stereocenters. The molecule has 1 aliphatic heterocycles. The minimum atomic E-state index is -0.248. The van der Waals surface area contributed by atoms with Crippen LogP contribution in [0.2, 0.25) is 0 Å². The molecule has 1 amide bonds. The van der Waals surface area contributed by atoms with Gasteiger partial charge in [0.25, 0.3) is 0 Å². The lowest BCUT2D eigenvalue weighted by atomic mass is 10.1. The third-order valence-electron chi connectivity index (χ3n) is 4.31. The lowest BCUT2D eigenvalue weighted by molar-refractivity contribution is -0.115. The van der Waals surface area contributed by atoms with Gasteiger partial charge in [-0.15, -0.1) is 0 Å². The lowest BCUT2D eigenvalue weighted by Gasteiger charge is -2.30. The summed E-state index contributed by atoms with van der Waals surface area (Å²) in [6.07, 6.45) is 6.95. The van der Waals surface area contributed by atoms with Crippen molar-refractivity contribution in [3.63, 3.8) is 0 Å². The average molecular weight is 366 g/mol. The third-order valence-corrected chi connectivity index (χ3v) is 4.52. The van der Waals surface area contributed by atoms with Crippen molar-refractivity contribution in [2.45, 2.75) is 19.3 Å². The van der Waals surface area contributed by atoms with Gasteiger partial charge in [0.2, 0.25) is 5.91 Å². The topological polar surface area (TPSA) is 44.4 Å². The molecule has 1 heterocycles. The monoisotopic (exact) mass is 365 g/mol. The zero-order chi connectivity index (χ0) is 18.2. The molecule has 0 bridgehead atoms. The maximum absolute atomic E-state index is 12.1. The first-order valence-corrected chi connectivity index (χ1v) is 9.32. The Morgan fingerprint density at radius 1 is 0.962 bits per heavy atom. The summed E-state index contributed by atoms with van der Waals surface area (Å²) in [6.45, 7) is 2.11. The van der Waals surface area contributed by atoms with Crippen LogP contribution in [0.5, 0.6) is 0 Å². The molecule has 0 radical (unpaired) electrons. The maximum atomic E-state index is 12.1. The van der Waals surface area contributed by atoms with E-state index in [-0.39, 0.29) is 5.91 Å². The van der Waals surface area contributed by atoms with Crippen molar-refractivity contribution in [3.8, 4) is 0 Å². The van der Waals surface area contributed by atoms with Crippen LogP contribution in [0, 0.1) is 0 Å². The number of anilines is 2. The normalized spacial score (nSPS) is 14.2. The third kappa shape index (κ3) is 5.17. The number of hydrogen-bond donors (Lipinski definition) is 2. The Kier molecular flexibility index (Phi) is 6.39. The number of piperidine rings is 1. The van der Waals surface area contributed by atoms with Crippen LogP contribution < -0.4 is 15.5 Å². The number of amides is 1. The van der Waals surface area contributed by atoms with Gasteiger partial charge in [-0.3, -0.25) is 10.1 Å². The van der Waals surface area contributed by atoms with Crippen LogP contribution in [0.15, 0.2) is 60.7 Å². The largest absolute Gasteiger partial charge is 0.370 e. The molecule has 5 heteroatoms. The van der Waals surface area contributed by atoms with E-state index >= 15 is 0 Å². The fourth-order valence-corrected chi connectivity index (χ4v) is 3.24. The van der Waals surface area contributed by atoms with Crippen LogP contribution in [0.4, 0.5) is 11.4 Å². The number of carbonyl (C=O) groups is 1. The van der Waals surface area contributed by atoms with Gasteiger partial charge in [-0.1, -0.05) is 42.5 Å². The van der Waals surface area contributed by atoms with Gasteiger partial charge in [-0.05, 0) is 55.3 Å². The number of nitrogens with one attached hydrogen (secondary N) is 2. The van der Waals surface area contributed by atoms with E-state index in [0.717, 1.165) is 30.0 Å². The number of rotatable bonds is 4. The SMILES string of the molecule is O=C(C=Cc1ccccc1)NC(=S)Nc1ccccc1N1CCCCC1. The van der Waals surface area contributed by atoms with E-state index < -0.39 is 0 Å². The molecule has 4 nitrogen and oxygen atoms in total. The van der Waals surface area contributed by atoms with E-state index in [1.807, 2.05) is 48.5 Å². The highest BCUT2D eigenvalue weighted by molar-refractivity contribution is 7.80. The fraction of sp³-hybridized carbons (Fsp3) is 0.238. The van der Waals surface area contributed by atoms with Crippen LogP contribution in [-0.4, -0.2) is 24.1 Å². The van der Waals surface area contributed by atoms with Crippen LogP contribution in [-0.2, 0) is 4.79 Å². The molecule has 1 fully saturated rings. The number of benzene rings is 2. The highest BCUT2D eigenvalue weighted by atomic mass is 32.1. The number of para-hydroxylation sites is 2. The van der Waals surface area contributed by atoms with Gasteiger partial charge in [0.15, 0.2) is 5.11 Å². The van der Waals surface area contributed by atoms with E-state index in [0.29, 0.717) is 5.11 Å². The summed E-state index contributed by atoms with van der Waals surface area (Å²) in [5.41, 5.74) is 3.02. The molecular weight excluding hydrogens is 342 g/mol. The smallest absolute Gasteiger partial charge is 0.250 e. The van der Waals surface area contributed by atoms with Gasteiger partial charge < -0.3 is 10.2 Å². The van der Waals surface area contributed by atoms with Crippen molar-refractivity contribution in [1.29, 1.82) is 0 Å². The molecule has 0 aromatic heterocycles. The van der Waals surface area contributed by atoms with Gasteiger partial charge in [-0.2, -0.15) is 0 Å². The summed E-state index contributed by atoms with van der Waals surface area (Å²) in [5.74, 6) is -0.248. The predicted octanol–water partition coefficient (Wildman–Crippen LogP) is 4.20. The molecule has 134 valence electrons. The Labute approximate surface area is 159 Å². The van der Waals surface area contributed by atoms with Crippen molar-refractivity contribution in [2.24, 2.45) is 0 Å². The zero-order valence-corrected chi connectivity index (χ0v) is 15.5. The van der Waals surface area contributed by atoms with Gasteiger partial charge in [0.05, 0.1) is 11.4 Å². The second-order valence-corrected chi connectivity index (χ2v) is 6.66. The molecule has 0 saturated carbocycles. The minimum Gasteiger partial charge on any atom is -0.370 e. The Morgan fingerprint density at radius 2 is 1.65 bits per heavy atom. The second kappa shape index (κ2) is 9.15. The van der Waals surface area contributed by atoms with Crippen molar-refractivity contribution in [3.05, 3.63) is 66.2 Å². The quantitative estimate of drug-likeness (QED) is 0.629. The van der Waals surface area contributed by atoms with E-state index in [1.54, 1.807) is 6.08 Å². The van der Waals surface area contributed by atoms with Crippen LogP contribution in [0.1, 0.15) is 24.8 Å². The number of carbonyl (C=O) groups excluding carboxylic acids is 1. The Bertz CT molecular complexity index is 783. The molecule has 26 heavy (non-hydrogen) atoms. The van der Waals surface area contributed by atoms with Crippen molar-refractivity contribution in [2.75, 3.05) is 23.3 Å². The predicted molar refractivity (Wildman–Crippen MR) is 112 cm³/mol. The molecule has 1 aliphatic rings. The summed E-state index contributed by atoms with van der Waals surface area (Å²) in [5, 5.41) is 6.17. The van der Waals surface area contributed by atoms with Crippen LogP contribution >= 0.6 is 12.2 Å². The summed E-state index contributed by atoms with van der Waals surface area (Å²) in [6, 6.07) is 17.8. The second-order valence-electron chi connectivity index (χ2n) is 6.25. The molecule has 2 N–H and O–H groups in total. The highest BCUT2D eigenvalue weighted by Crippen LogP contribution is 2.28. The Morgan fingerprint density at radius 3 is 2.42 bits per heavy atom. The average Bonchev–Trinajstić information content (AvgIpc) is 2.68. The van der Waals surface area contributed by atoms with Crippen molar-refractivity contribution >= 4 is 40.7 Å². The highest BCUT2D eigenvalue weighted by Gasteiger charge is 2.14. The standard InChI is InChI=1S/C21H23N3OS/c25-20(14-13-17-9-3-1-4-10-17)23-21(26)22-18-11-5-6-12-19(18)24-15-7-2-8-16-24/h1,3-6,9-14H,2,7-8,15-16H2,(H2,22,23,25,26). The number of hydrogen-bond acceptors (Lipinski definition) is 3. The summed E-state index contributed by atoms with van der Waals surface area (Å²) < 4.78 is 0. The first-order chi connectivity index (χ1) is 12.7. The maximum Gasteiger partial charge on any atom is 0.250 e. The minimum absolute atomic E-state index is 0.248. The van der Waals surface area contributed by atoms with Crippen molar-refractivity contribution < 1.29 is 4.79 Å². The van der Waals surface area contributed by atoms with Gasteiger partial charge in [-0.25, -0.2) is 0 Å². The molecule has 2 aromatic carbocycles. The number of thiocarbonyl (C=S) groups is 1. The lowest BCUT2D eigenvalue weighted by Crippen LogP contribution is -2.34. The van der Waals surface area contributed by atoms with E-state index in [2.05, 4.69) is 21.6 Å². The molecule has 1 saturated heterocycles.